The normalized spacial score (nSPS) is 11.0. The van der Waals surface area contributed by atoms with E-state index in [1.165, 1.54) is 12.1 Å². The summed E-state index contributed by atoms with van der Waals surface area (Å²) >= 11 is 0. The number of halogens is 1. The lowest BCUT2D eigenvalue weighted by atomic mass is 10.2. The summed E-state index contributed by atoms with van der Waals surface area (Å²) in [5.41, 5.74) is 3.59. The van der Waals surface area contributed by atoms with Crippen molar-refractivity contribution in [1.82, 2.24) is 19.7 Å². The Morgan fingerprint density at radius 1 is 1.14 bits per heavy atom. The van der Waals surface area contributed by atoms with Crippen LogP contribution in [-0.2, 0) is 13.6 Å². The van der Waals surface area contributed by atoms with Gasteiger partial charge < -0.3 is 5.32 Å². The van der Waals surface area contributed by atoms with Crippen LogP contribution in [0.4, 0.5) is 10.2 Å². The summed E-state index contributed by atoms with van der Waals surface area (Å²) in [7, 11) is 1.87. The van der Waals surface area contributed by atoms with Crippen LogP contribution in [0.15, 0.2) is 24.3 Å². The zero-order valence-corrected chi connectivity index (χ0v) is 12.2. The molecule has 21 heavy (non-hydrogen) atoms. The molecule has 0 saturated heterocycles. The summed E-state index contributed by atoms with van der Waals surface area (Å²) in [4.78, 5) is 8.89. The van der Waals surface area contributed by atoms with Crippen LogP contribution in [0.1, 0.15) is 17.1 Å². The largest absolute Gasteiger partial charge is 0.364 e. The maximum Gasteiger partial charge on any atom is 0.156 e. The Balaban J connectivity index is 1.94. The smallest absolute Gasteiger partial charge is 0.156 e. The van der Waals surface area contributed by atoms with Gasteiger partial charge in [0.1, 0.15) is 22.7 Å². The van der Waals surface area contributed by atoms with Gasteiger partial charge >= 0.3 is 0 Å². The van der Waals surface area contributed by atoms with E-state index in [0.29, 0.717) is 12.4 Å². The van der Waals surface area contributed by atoms with Gasteiger partial charge in [0.15, 0.2) is 5.82 Å². The molecule has 3 aromatic rings. The SMILES string of the molecule is Cc1nc(NCc2ccc(F)cc2)c2c(n1)c(C)nn2C. The second-order valence-electron chi connectivity index (χ2n) is 5.01. The van der Waals surface area contributed by atoms with Crippen molar-refractivity contribution in [2.45, 2.75) is 20.4 Å². The molecule has 0 fully saturated rings. The van der Waals surface area contributed by atoms with Crippen LogP contribution in [0.25, 0.3) is 11.0 Å². The number of nitrogens with zero attached hydrogens (tertiary/aromatic N) is 4. The summed E-state index contributed by atoms with van der Waals surface area (Å²) < 4.78 is 14.7. The highest BCUT2D eigenvalue weighted by molar-refractivity contribution is 5.87. The van der Waals surface area contributed by atoms with E-state index in [9.17, 15) is 4.39 Å². The molecule has 0 saturated carbocycles. The summed E-state index contributed by atoms with van der Waals surface area (Å²) in [6.07, 6.45) is 0. The minimum atomic E-state index is -0.235. The van der Waals surface area contributed by atoms with Crippen molar-refractivity contribution in [3.05, 3.63) is 47.2 Å². The van der Waals surface area contributed by atoms with Crippen LogP contribution in [-0.4, -0.2) is 19.7 Å². The molecule has 0 radical (unpaired) electrons. The zero-order valence-electron chi connectivity index (χ0n) is 12.2. The maximum absolute atomic E-state index is 12.9. The zero-order chi connectivity index (χ0) is 15.0. The third kappa shape index (κ3) is 2.56. The van der Waals surface area contributed by atoms with Crippen molar-refractivity contribution < 1.29 is 4.39 Å². The number of hydrogen-bond acceptors (Lipinski definition) is 4. The van der Waals surface area contributed by atoms with E-state index >= 15 is 0 Å². The Morgan fingerprint density at radius 2 is 1.86 bits per heavy atom. The number of nitrogens with one attached hydrogen (secondary N) is 1. The highest BCUT2D eigenvalue weighted by Crippen LogP contribution is 2.22. The van der Waals surface area contributed by atoms with Gasteiger partial charge in [-0.05, 0) is 31.5 Å². The second-order valence-corrected chi connectivity index (χ2v) is 5.01. The van der Waals surface area contributed by atoms with Gasteiger partial charge in [-0.15, -0.1) is 0 Å². The Kier molecular flexibility index (Phi) is 3.29. The van der Waals surface area contributed by atoms with Crippen LogP contribution in [0.3, 0.4) is 0 Å². The average Bonchev–Trinajstić information content (AvgIpc) is 2.73. The summed E-state index contributed by atoms with van der Waals surface area (Å²) in [5, 5.41) is 7.67. The first-order valence-electron chi connectivity index (χ1n) is 6.71. The maximum atomic E-state index is 12.9. The molecule has 0 spiro atoms. The monoisotopic (exact) mass is 285 g/mol. The fourth-order valence-electron chi connectivity index (χ4n) is 2.36. The number of fused-ring (bicyclic) bond motifs is 1. The summed E-state index contributed by atoms with van der Waals surface area (Å²) in [5.74, 6) is 1.20. The highest BCUT2D eigenvalue weighted by Gasteiger charge is 2.13. The first-order chi connectivity index (χ1) is 10.0. The fraction of sp³-hybridized carbons (Fsp3) is 0.267. The van der Waals surface area contributed by atoms with E-state index in [1.807, 2.05) is 20.9 Å². The number of benzene rings is 1. The molecule has 0 amide bonds. The summed E-state index contributed by atoms with van der Waals surface area (Å²) in [6.45, 7) is 4.35. The standard InChI is InChI=1S/C15H16FN5/c1-9-13-14(21(3)20-9)15(19-10(2)18-13)17-8-11-4-6-12(16)7-5-11/h4-7H,8H2,1-3H3,(H,17,18,19). The fourth-order valence-corrected chi connectivity index (χ4v) is 2.36. The van der Waals surface area contributed by atoms with Crippen LogP contribution in [0.2, 0.25) is 0 Å². The van der Waals surface area contributed by atoms with Gasteiger partial charge in [-0.1, -0.05) is 12.1 Å². The molecule has 6 heteroatoms. The molecule has 5 nitrogen and oxygen atoms in total. The van der Waals surface area contributed by atoms with E-state index < -0.39 is 0 Å². The van der Waals surface area contributed by atoms with Crippen molar-refractivity contribution in [2.75, 3.05) is 5.32 Å². The molecule has 0 unspecified atom stereocenters. The van der Waals surface area contributed by atoms with Crippen molar-refractivity contribution in [2.24, 2.45) is 7.05 Å². The number of aryl methyl sites for hydroxylation is 3. The van der Waals surface area contributed by atoms with Gasteiger partial charge in [0.05, 0.1) is 5.69 Å². The van der Waals surface area contributed by atoms with E-state index in [-0.39, 0.29) is 5.82 Å². The second kappa shape index (κ2) is 5.12. The van der Waals surface area contributed by atoms with Gasteiger partial charge in [0.2, 0.25) is 0 Å². The predicted molar refractivity (Wildman–Crippen MR) is 79.5 cm³/mol. The van der Waals surface area contributed by atoms with E-state index in [2.05, 4.69) is 20.4 Å². The van der Waals surface area contributed by atoms with Crippen LogP contribution in [0, 0.1) is 19.7 Å². The van der Waals surface area contributed by atoms with E-state index in [0.717, 1.165) is 28.1 Å². The Hall–Kier alpha value is -2.50. The van der Waals surface area contributed by atoms with Gasteiger partial charge in [-0.2, -0.15) is 5.10 Å². The van der Waals surface area contributed by atoms with Gasteiger partial charge in [-0.3, -0.25) is 4.68 Å². The molecule has 2 aromatic heterocycles. The lowest BCUT2D eigenvalue weighted by Crippen LogP contribution is -2.06. The predicted octanol–water partition coefficient (Wildman–Crippen LogP) is 2.73. The molecule has 108 valence electrons. The summed E-state index contributed by atoms with van der Waals surface area (Å²) in [6, 6.07) is 6.41. The van der Waals surface area contributed by atoms with Gasteiger partial charge in [-0.25, -0.2) is 14.4 Å². The first kappa shape index (κ1) is 13.5. The molecule has 0 aliphatic heterocycles. The van der Waals surface area contributed by atoms with Gasteiger partial charge in [0, 0.05) is 13.6 Å². The van der Waals surface area contributed by atoms with Crippen LogP contribution >= 0.6 is 0 Å². The molecule has 2 heterocycles. The van der Waals surface area contributed by atoms with Crippen molar-refractivity contribution >= 4 is 16.9 Å². The molecule has 1 aromatic carbocycles. The lowest BCUT2D eigenvalue weighted by molar-refractivity contribution is 0.627. The van der Waals surface area contributed by atoms with Crippen molar-refractivity contribution in [1.29, 1.82) is 0 Å². The molecule has 3 rings (SSSR count). The number of hydrogen-bond donors (Lipinski definition) is 1. The van der Waals surface area contributed by atoms with Crippen LogP contribution in [0.5, 0.6) is 0 Å². The molecule has 0 aliphatic rings. The Morgan fingerprint density at radius 3 is 2.57 bits per heavy atom. The lowest BCUT2D eigenvalue weighted by Gasteiger charge is -2.08. The first-order valence-corrected chi connectivity index (χ1v) is 6.71. The Labute approximate surface area is 121 Å². The third-order valence-corrected chi connectivity index (χ3v) is 3.34. The molecule has 0 atom stereocenters. The number of aromatic nitrogens is 4. The van der Waals surface area contributed by atoms with Crippen molar-refractivity contribution in [3.63, 3.8) is 0 Å². The minimum absolute atomic E-state index is 0.235. The Bertz CT molecular complexity index is 792. The van der Waals surface area contributed by atoms with E-state index in [4.69, 9.17) is 0 Å². The molecule has 1 N–H and O–H groups in total. The molecular weight excluding hydrogens is 269 g/mol. The molecule has 0 aliphatic carbocycles. The van der Waals surface area contributed by atoms with Crippen molar-refractivity contribution in [3.8, 4) is 0 Å². The van der Waals surface area contributed by atoms with Gasteiger partial charge in [0.25, 0.3) is 0 Å². The third-order valence-electron chi connectivity index (χ3n) is 3.34. The topological polar surface area (TPSA) is 55.6 Å². The molecular formula is C15H16FN5. The van der Waals surface area contributed by atoms with E-state index in [1.54, 1.807) is 16.8 Å². The molecule has 0 bridgehead atoms. The minimum Gasteiger partial charge on any atom is -0.364 e. The average molecular weight is 285 g/mol. The highest BCUT2D eigenvalue weighted by atomic mass is 19.1. The number of rotatable bonds is 3. The number of anilines is 1. The van der Waals surface area contributed by atoms with Crippen LogP contribution < -0.4 is 5.32 Å². The quantitative estimate of drug-likeness (QED) is 0.804.